The van der Waals surface area contributed by atoms with Crippen LogP contribution in [0.5, 0.6) is 0 Å². The summed E-state index contributed by atoms with van der Waals surface area (Å²) in [6.07, 6.45) is 16.1. The van der Waals surface area contributed by atoms with Crippen molar-refractivity contribution >= 4 is 0 Å². The van der Waals surface area contributed by atoms with Gasteiger partial charge in [0.2, 0.25) is 0 Å². The van der Waals surface area contributed by atoms with E-state index in [4.69, 9.17) is 0 Å². The van der Waals surface area contributed by atoms with Crippen molar-refractivity contribution in [3.05, 3.63) is 0 Å². The Morgan fingerprint density at radius 1 is 1.13 bits per heavy atom. The fourth-order valence-corrected chi connectivity index (χ4v) is 5.97. The highest BCUT2D eigenvalue weighted by Crippen LogP contribution is 2.58. The van der Waals surface area contributed by atoms with Gasteiger partial charge in [0.05, 0.1) is 0 Å². The van der Waals surface area contributed by atoms with Gasteiger partial charge in [0, 0.05) is 0 Å². The first kappa shape index (κ1) is 19.3. The summed E-state index contributed by atoms with van der Waals surface area (Å²) in [5.74, 6) is 3.87. The first-order valence-electron chi connectivity index (χ1n) is 10.8. The van der Waals surface area contributed by atoms with Crippen molar-refractivity contribution in [1.29, 1.82) is 0 Å². The van der Waals surface area contributed by atoms with Gasteiger partial charge in [0.25, 0.3) is 0 Å². The van der Waals surface area contributed by atoms with E-state index < -0.39 is 0 Å². The molecule has 0 aromatic rings. The molecule has 0 N–H and O–H groups in total. The molecule has 0 spiro atoms. The Hall–Kier alpha value is 0. The molecule has 2 aliphatic rings. The molecule has 0 aliphatic heterocycles. The quantitative estimate of drug-likeness (QED) is 0.448. The van der Waals surface area contributed by atoms with Crippen LogP contribution in [0.25, 0.3) is 0 Å². The maximum absolute atomic E-state index is 2.67. The van der Waals surface area contributed by atoms with Crippen LogP contribution in [0.3, 0.4) is 0 Å². The van der Waals surface area contributed by atoms with Crippen molar-refractivity contribution in [2.24, 2.45) is 34.5 Å². The molecule has 0 heteroatoms. The predicted octanol–water partition coefficient (Wildman–Crippen LogP) is 7.86. The molecule has 2 saturated carbocycles. The molecule has 5 atom stereocenters. The normalized spacial score (nSPS) is 36.5. The third-order valence-electron chi connectivity index (χ3n) is 7.97. The van der Waals surface area contributed by atoms with E-state index in [1.807, 2.05) is 0 Å². The summed E-state index contributed by atoms with van der Waals surface area (Å²) < 4.78 is 0. The standard InChI is InChI=1S/C23H44/c1-7-18(2)11-10-15-22(4,5)17-21-19(3)13-14-20-12-8-9-16-23(20,21)6/h18-21H,7-17H2,1-6H3. The van der Waals surface area contributed by atoms with Gasteiger partial charge >= 0.3 is 0 Å². The molecule has 2 aliphatic carbocycles. The summed E-state index contributed by atoms with van der Waals surface area (Å²) in [5, 5.41) is 0. The van der Waals surface area contributed by atoms with Gasteiger partial charge in [-0.3, -0.25) is 0 Å². The third-order valence-corrected chi connectivity index (χ3v) is 7.97. The second-order valence-corrected chi connectivity index (χ2v) is 10.4. The zero-order valence-electron chi connectivity index (χ0n) is 17.1. The van der Waals surface area contributed by atoms with Gasteiger partial charge in [-0.2, -0.15) is 0 Å². The van der Waals surface area contributed by atoms with E-state index in [1.165, 1.54) is 70.6 Å². The second kappa shape index (κ2) is 7.92. The monoisotopic (exact) mass is 320 g/mol. The van der Waals surface area contributed by atoms with Crippen LogP contribution in [0.4, 0.5) is 0 Å². The molecule has 2 rings (SSSR count). The van der Waals surface area contributed by atoms with Crippen LogP contribution in [0.2, 0.25) is 0 Å². The average molecular weight is 321 g/mol. The molecule has 0 bridgehead atoms. The average Bonchev–Trinajstić information content (AvgIpc) is 2.50. The minimum Gasteiger partial charge on any atom is -0.0651 e. The summed E-state index contributed by atoms with van der Waals surface area (Å²) >= 11 is 0. The molecule has 0 radical (unpaired) electrons. The maximum Gasteiger partial charge on any atom is -0.0266 e. The molecular weight excluding hydrogens is 276 g/mol. The highest BCUT2D eigenvalue weighted by Gasteiger charge is 2.48. The fourth-order valence-electron chi connectivity index (χ4n) is 5.97. The molecule has 0 aromatic heterocycles. The topological polar surface area (TPSA) is 0 Å². The van der Waals surface area contributed by atoms with Crippen LogP contribution in [-0.4, -0.2) is 0 Å². The zero-order chi connectivity index (χ0) is 17.1. The number of hydrogen-bond donors (Lipinski definition) is 0. The van der Waals surface area contributed by atoms with E-state index in [0.29, 0.717) is 10.8 Å². The van der Waals surface area contributed by atoms with Crippen LogP contribution in [0, 0.1) is 34.5 Å². The van der Waals surface area contributed by atoms with Crippen LogP contribution >= 0.6 is 0 Å². The Bertz CT molecular complexity index is 355. The minimum atomic E-state index is 0.536. The van der Waals surface area contributed by atoms with Crippen LogP contribution in [0.1, 0.15) is 112 Å². The van der Waals surface area contributed by atoms with Crippen molar-refractivity contribution in [2.45, 2.75) is 112 Å². The van der Waals surface area contributed by atoms with Crippen molar-refractivity contribution in [2.75, 3.05) is 0 Å². The second-order valence-electron chi connectivity index (χ2n) is 10.4. The van der Waals surface area contributed by atoms with E-state index in [-0.39, 0.29) is 0 Å². The molecule has 0 nitrogen and oxygen atoms in total. The van der Waals surface area contributed by atoms with E-state index in [9.17, 15) is 0 Å². The third kappa shape index (κ3) is 4.76. The lowest BCUT2D eigenvalue weighted by Crippen LogP contribution is -2.46. The van der Waals surface area contributed by atoms with E-state index in [2.05, 4.69) is 41.5 Å². The first-order chi connectivity index (χ1) is 10.8. The Morgan fingerprint density at radius 3 is 2.57 bits per heavy atom. The predicted molar refractivity (Wildman–Crippen MR) is 104 cm³/mol. The lowest BCUT2D eigenvalue weighted by Gasteiger charge is -2.55. The highest BCUT2D eigenvalue weighted by molar-refractivity contribution is 4.98. The molecule has 23 heavy (non-hydrogen) atoms. The van der Waals surface area contributed by atoms with Crippen molar-refractivity contribution in [3.63, 3.8) is 0 Å². The molecule has 0 amide bonds. The zero-order valence-corrected chi connectivity index (χ0v) is 17.1. The van der Waals surface area contributed by atoms with E-state index in [0.717, 1.165) is 23.7 Å². The van der Waals surface area contributed by atoms with Crippen LogP contribution < -0.4 is 0 Å². The van der Waals surface area contributed by atoms with Crippen molar-refractivity contribution < 1.29 is 0 Å². The molecule has 2 fully saturated rings. The summed E-state index contributed by atoms with van der Waals surface area (Å²) in [5.41, 5.74) is 1.19. The largest absolute Gasteiger partial charge is 0.0651 e. The van der Waals surface area contributed by atoms with Crippen LogP contribution in [0.15, 0.2) is 0 Å². The fraction of sp³-hybridized carbons (Fsp3) is 1.00. The number of hydrogen-bond acceptors (Lipinski definition) is 0. The summed E-state index contributed by atoms with van der Waals surface area (Å²) in [7, 11) is 0. The molecule has 5 unspecified atom stereocenters. The lowest BCUT2D eigenvalue weighted by molar-refractivity contribution is -0.0506. The van der Waals surface area contributed by atoms with Gasteiger partial charge in [0.15, 0.2) is 0 Å². The Morgan fingerprint density at radius 2 is 1.87 bits per heavy atom. The number of fused-ring (bicyclic) bond motifs is 1. The molecule has 0 aromatic carbocycles. The molecule has 0 saturated heterocycles. The maximum atomic E-state index is 2.67. The van der Waals surface area contributed by atoms with Crippen molar-refractivity contribution in [3.8, 4) is 0 Å². The summed E-state index contributed by atoms with van der Waals surface area (Å²) in [6.45, 7) is 15.1. The van der Waals surface area contributed by atoms with Gasteiger partial charge < -0.3 is 0 Å². The Labute approximate surface area is 147 Å². The highest BCUT2D eigenvalue weighted by atomic mass is 14.5. The summed E-state index contributed by atoms with van der Waals surface area (Å²) in [6, 6.07) is 0. The minimum absolute atomic E-state index is 0.536. The van der Waals surface area contributed by atoms with Gasteiger partial charge in [0.1, 0.15) is 0 Å². The smallest absolute Gasteiger partial charge is 0.0266 e. The van der Waals surface area contributed by atoms with Gasteiger partial charge in [-0.05, 0) is 66.6 Å². The van der Waals surface area contributed by atoms with Gasteiger partial charge in [-0.15, -0.1) is 0 Å². The van der Waals surface area contributed by atoms with Crippen molar-refractivity contribution in [1.82, 2.24) is 0 Å². The van der Waals surface area contributed by atoms with E-state index in [1.54, 1.807) is 0 Å². The SMILES string of the molecule is CCC(C)CCCC(C)(C)CC1C(C)CCC2CCCCC21C. The molecule has 0 heterocycles. The summed E-state index contributed by atoms with van der Waals surface area (Å²) in [4.78, 5) is 0. The lowest BCUT2D eigenvalue weighted by atomic mass is 9.50. The van der Waals surface area contributed by atoms with Crippen LogP contribution in [-0.2, 0) is 0 Å². The number of rotatable bonds is 7. The molecule has 136 valence electrons. The van der Waals surface area contributed by atoms with Gasteiger partial charge in [-0.25, -0.2) is 0 Å². The molecular formula is C23H44. The Kier molecular flexibility index (Phi) is 6.66. The van der Waals surface area contributed by atoms with E-state index >= 15 is 0 Å². The first-order valence-corrected chi connectivity index (χ1v) is 10.8. The van der Waals surface area contributed by atoms with Gasteiger partial charge in [-0.1, -0.05) is 80.1 Å². The Balaban J connectivity index is 1.97.